The molecule has 3 aliphatic heterocycles. The summed E-state index contributed by atoms with van der Waals surface area (Å²) in [7, 11) is 0. The van der Waals surface area contributed by atoms with E-state index in [4.69, 9.17) is 19.2 Å². The van der Waals surface area contributed by atoms with Gasteiger partial charge in [0.1, 0.15) is 12.4 Å². The topological polar surface area (TPSA) is 99.9 Å². The van der Waals surface area contributed by atoms with E-state index in [9.17, 15) is 19.1 Å². The third-order valence-corrected chi connectivity index (χ3v) is 7.56. The average molecular weight is 512 g/mol. The molecule has 2 aromatic carbocycles. The number of hydrogen-bond acceptors (Lipinski definition) is 7. The van der Waals surface area contributed by atoms with Gasteiger partial charge in [0.2, 0.25) is 6.79 Å². The summed E-state index contributed by atoms with van der Waals surface area (Å²) < 4.78 is 32.3. The molecule has 3 aliphatic rings. The van der Waals surface area contributed by atoms with Gasteiger partial charge in [0, 0.05) is 28.1 Å². The molecule has 7 rings (SSSR count). The lowest BCUT2D eigenvalue weighted by Crippen LogP contribution is -2.44. The zero-order valence-electron chi connectivity index (χ0n) is 20.3. The Morgan fingerprint density at radius 3 is 2.66 bits per heavy atom. The van der Waals surface area contributed by atoms with Crippen LogP contribution in [0.2, 0.25) is 0 Å². The highest BCUT2D eigenvalue weighted by atomic mass is 19.1. The van der Waals surface area contributed by atoms with Crippen molar-refractivity contribution in [2.75, 3.05) is 6.79 Å². The summed E-state index contributed by atoms with van der Waals surface area (Å²) in [5.41, 5.74) is 1.80. The lowest BCUT2D eigenvalue weighted by molar-refractivity contribution is -0.172. The van der Waals surface area contributed by atoms with Crippen molar-refractivity contribution in [1.29, 1.82) is 0 Å². The van der Waals surface area contributed by atoms with Gasteiger partial charge < -0.3 is 23.9 Å². The summed E-state index contributed by atoms with van der Waals surface area (Å²) in [6.07, 6.45) is 3.56. The lowest BCUT2D eigenvalue weighted by Gasteiger charge is -2.31. The second kappa shape index (κ2) is 8.00. The van der Waals surface area contributed by atoms with E-state index in [-0.39, 0.29) is 48.9 Å². The molecule has 0 unspecified atom stereocenters. The number of carbonyl (C=O) groups is 1. The largest absolute Gasteiger partial charge is 0.458 e. The number of benzene rings is 2. The number of esters is 1. The highest BCUT2D eigenvalue weighted by Crippen LogP contribution is 2.43. The Kier molecular flexibility index (Phi) is 4.77. The number of pyridine rings is 2. The fraction of sp³-hybridized carbons (Fsp3) is 0.207. The second-order valence-corrected chi connectivity index (χ2v) is 9.53. The molecular weight excluding hydrogens is 491 g/mol. The summed E-state index contributed by atoms with van der Waals surface area (Å²) in [6.45, 7) is 1.77. The molecule has 190 valence electrons. The molecule has 0 aliphatic carbocycles. The van der Waals surface area contributed by atoms with Gasteiger partial charge in [-0.2, -0.15) is 0 Å². The van der Waals surface area contributed by atoms with Crippen LogP contribution in [0.4, 0.5) is 4.39 Å². The van der Waals surface area contributed by atoms with Gasteiger partial charge in [-0.1, -0.05) is 37.3 Å². The van der Waals surface area contributed by atoms with Crippen molar-refractivity contribution < 1.29 is 28.5 Å². The number of aromatic nitrogens is 2. The standard InChI is InChI=1S/C29H21FN2O6/c1-2-29(35)20-10-23-26-18(12-32(23)27(33)19(20)13-36-28(29)34)16(8-7-15-5-3-4-6-21(15)30)17-9-24-25(38-14-37-24)11-22(17)31-26/h3-11,35H,2,12-14H2,1H3/b8-7+/t29-/m0/s1. The molecule has 0 bridgehead atoms. The monoisotopic (exact) mass is 512 g/mol. The number of hydrogen-bond donors (Lipinski definition) is 1. The van der Waals surface area contributed by atoms with Crippen LogP contribution in [0, 0.1) is 5.82 Å². The van der Waals surface area contributed by atoms with Crippen molar-refractivity contribution in [3.63, 3.8) is 0 Å². The molecule has 0 saturated carbocycles. The van der Waals surface area contributed by atoms with Crippen molar-refractivity contribution in [3.05, 3.63) is 86.5 Å². The smallest absolute Gasteiger partial charge is 0.343 e. The van der Waals surface area contributed by atoms with Crippen LogP contribution in [0.15, 0.2) is 47.3 Å². The predicted octanol–water partition coefficient (Wildman–Crippen LogP) is 4.12. The molecule has 0 saturated heterocycles. The number of carbonyl (C=O) groups excluding carboxylic acids is 1. The molecule has 38 heavy (non-hydrogen) atoms. The first-order valence-corrected chi connectivity index (χ1v) is 12.2. The van der Waals surface area contributed by atoms with Gasteiger partial charge in [-0.3, -0.25) is 4.79 Å². The normalized spacial score (nSPS) is 19.0. The first kappa shape index (κ1) is 22.7. The van der Waals surface area contributed by atoms with E-state index in [0.29, 0.717) is 34.0 Å². The van der Waals surface area contributed by atoms with Crippen LogP contribution in [-0.2, 0) is 28.3 Å². The van der Waals surface area contributed by atoms with Crippen LogP contribution in [0.25, 0.3) is 34.4 Å². The molecule has 5 heterocycles. The Morgan fingerprint density at radius 1 is 1.08 bits per heavy atom. The maximum Gasteiger partial charge on any atom is 0.343 e. The minimum atomic E-state index is -1.92. The first-order valence-electron chi connectivity index (χ1n) is 12.2. The van der Waals surface area contributed by atoms with Crippen LogP contribution in [0.3, 0.4) is 0 Å². The molecule has 0 fully saturated rings. The van der Waals surface area contributed by atoms with Crippen LogP contribution in [0.5, 0.6) is 11.5 Å². The maximum atomic E-state index is 14.4. The zero-order valence-corrected chi connectivity index (χ0v) is 20.3. The van der Waals surface area contributed by atoms with E-state index >= 15 is 0 Å². The maximum absolute atomic E-state index is 14.4. The highest BCUT2D eigenvalue weighted by molar-refractivity contribution is 5.97. The number of cyclic esters (lactones) is 1. The zero-order chi connectivity index (χ0) is 26.2. The van der Waals surface area contributed by atoms with Gasteiger partial charge >= 0.3 is 5.97 Å². The Balaban J connectivity index is 1.50. The minimum absolute atomic E-state index is 0.0554. The molecule has 0 amide bonds. The Morgan fingerprint density at radius 2 is 1.87 bits per heavy atom. The van der Waals surface area contributed by atoms with E-state index in [1.165, 1.54) is 6.07 Å². The van der Waals surface area contributed by atoms with Crippen molar-refractivity contribution in [2.45, 2.75) is 32.1 Å². The van der Waals surface area contributed by atoms with Crippen LogP contribution in [0.1, 0.15) is 41.2 Å². The Hall–Kier alpha value is -4.50. The summed E-state index contributed by atoms with van der Waals surface area (Å²) >= 11 is 0. The second-order valence-electron chi connectivity index (χ2n) is 9.53. The van der Waals surface area contributed by atoms with Gasteiger partial charge in [-0.05, 0) is 30.2 Å². The van der Waals surface area contributed by atoms with Gasteiger partial charge in [-0.25, -0.2) is 14.2 Å². The molecule has 0 radical (unpaired) electrons. The van der Waals surface area contributed by atoms with Crippen LogP contribution in [-0.4, -0.2) is 27.4 Å². The summed E-state index contributed by atoms with van der Waals surface area (Å²) in [5, 5.41) is 11.9. The third kappa shape index (κ3) is 3.08. The fourth-order valence-electron chi connectivity index (χ4n) is 5.47. The molecule has 9 heteroatoms. The van der Waals surface area contributed by atoms with Crippen molar-refractivity contribution in [2.24, 2.45) is 0 Å². The lowest BCUT2D eigenvalue weighted by atomic mass is 9.86. The number of ether oxygens (including phenoxy) is 3. The quantitative estimate of drug-likeness (QED) is 0.363. The van der Waals surface area contributed by atoms with Gasteiger partial charge in [0.25, 0.3) is 5.56 Å². The number of nitrogens with zero attached hydrogens (tertiary/aromatic N) is 2. The fourth-order valence-corrected chi connectivity index (χ4v) is 5.47. The molecule has 1 N–H and O–H groups in total. The summed E-state index contributed by atoms with van der Waals surface area (Å²) in [5.74, 6) is -0.000589. The molecular formula is C29H21FN2O6. The first-order chi connectivity index (χ1) is 18.4. The number of aliphatic hydroxyl groups is 1. The summed E-state index contributed by atoms with van der Waals surface area (Å²) in [4.78, 5) is 31.0. The predicted molar refractivity (Wildman–Crippen MR) is 136 cm³/mol. The van der Waals surface area contributed by atoms with Crippen molar-refractivity contribution >= 4 is 29.0 Å². The van der Waals surface area contributed by atoms with E-state index in [1.54, 1.807) is 47.9 Å². The van der Waals surface area contributed by atoms with Gasteiger partial charge in [0.05, 0.1) is 29.0 Å². The number of halogens is 1. The molecule has 0 spiro atoms. The number of fused-ring (bicyclic) bond motifs is 6. The van der Waals surface area contributed by atoms with E-state index in [1.807, 2.05) is 12.1 Å². The third-order valence-electron chi connectivity index (χ3n) is 7.56. The van der Waals surface area contributed by atoms with E-state index in [0.717, 1.165) is 16.5 Å². The Bertz CT molecular complexity index is 1790. The number of rotatable bonds is 3. The summed E-state index contributed by atoms with van der Waals surface area (Å²) in [6, 6.07) is 11.7. The average Bonchev–Trinajstić information content (AvgIpc) is 3.53. The molecule has 8 nitrogen and oxygen atoms in total. The van der Waals surface area contributed by atoms with Gasteiger partial charge in [0.15, 0.2) is 17.1 Å². The molecule has 2 aromatic heterocycles. The van der Waals surface area contributed by atoms with E-state index in [2.05, 4.69) is 0 Å². The molecule has 1 atom stereocenters. The van der Waals surface area contributed by atoms with Gasteiger partial charge in [-0.15, -0.1) is 0 Å². The van der Waals surface area contributed by atoms with Crippen molar-refractivity contribution in [3.8, 4) is 22.9 Å². The minimum Gasteiger partial charge on any atom is -0.458 e. The van der Waals surface area contributed by atoms with E-state index < -0.39 is 11.6 Å². The SMILES string of the molecule is CC[C@@]1(O)C(=O)OCc2c1cc1n(c2=O)Cc2c-1nc1cc3c(cc1c2/C=C/c1ccccc1F)OCO3. The van der Waals surface area contributed by atoms with Crippen LogP contribution >= 0.6 is 0 Å². The van der Waals surface area contributed by atoms with Crippen molar-refractivity contribution in [1.82, 2.24) is 9.55 Å². The molecule has 4 aromatic rings. The Labute approximate surface area is 215 Å². The highest BCUT2D eigenvalue weighted by Gasteiger charge is 2.45. The van der Waals surface area contributed by atoms with Crippen LogP contribution < -0.4 is 15.0 Å².